The number of aromatic nitrogens is 2. The van der Waals surface area contributed by atoms with Crippen LogP contribution in [0.25, 0.3) is 0 Å². The molecule has 0 saturated heterocycles. The van der Waals surface area contributed by atoms with Crippen molar-refractivity contribution in [2.75, 3.05) is 13.2 Å². The number of nitrogens with zero attached hydrogens (tertiary/aromatic N) is 2. The van der Waals surface area contributed by atoms with Crippen LogP contribution in [0.2, 0.25) is 0 Å². The molecule has 0 radical (unpaired) electrons. The van der Waals surface area contributed by atoms with E-state index in [1.54, 1.807) is 24.3 Å². The summed E-state index contributed by atoms with van der Waals surface area (Å²) < 4.78 is 14.6. The lowest BCUT2D eigenvalue weighted by Gasteiger charge is -2.06. The summed E-state index contributed by atoms with van der Waals surface area (Å²) in [5.41, 5.74) is 0.673. The lowest BCUT2D eigenvalue weighted by atomic mass is 10.0. The first-order chi connectivity index (χ1) is 29.5. The maximum absolute atomic E-state index is 12.6. The highest BCUT2D eigenvalue weighted by Gasteiger charge is 2.20. The highest BCUT2D eigenvalue weighted by atomic mass is 16.5. The quantitative estimate of drug-likeness (QED) is 0.0218. The smallest absolute Gasteiger partial charge is 0.379 e. The Morgan fingerprint density at radius 1 is 0.350 bits per heavy atom. The Hall–Kier alpha value is -3.42. The van der Waals surface area contributed by atoms with Crippen LogP contribution in [-0.2, 0) is 32.2 Å². The maximum atomic E-state index is 12.6. The highest BCUT2D eigenvalue weighted by molar-refractivity contribution is 6.41. The Balaban J connectivity index is 1.43. The number of ketones is 2. The topological polar surface area (TPSA) is 94.5 Å². The molecule has 2 rings (SSSR count). The van der Waals surface area contributed by atoms with Gasteiger partial charge in [-0.1, -0.05) is 168 Å². The van der Waals surface area contributed by atoms with E-state index in [2.05, 4.69) is 23.0 Å². The van der Waals surface area contributed by atoms with Crippen molar-refractivity contribution in [2.45, 2.75) is 232 Å². The Morgan fingerprint density at radius 3 is 0.850 bits per heavy atom. The Morgan fingerprint density at radius 2 is 0.583 bits per heavy atom. The van der Waals surface area contributed by atoms with Gasteiger partial charge >= 0.3 is 11.9 Å². The average molecular weight is 835 g/mol. The Bertz CT molecular complexity index is 1270. The molecule has 60 heavy (non-hydrogen) atoms. The second kappa shape index (κ2) is 37.4. The van der Waals surface area contributed by atoms with Crippen molar-refractivity contribution < 1.29 is 37.8 Å². The summed E-state index contributed by atoms with van der Waals surface area (Å²) in [5.74, 6) is -2.94. The van der Waals surface area contributed by atoms with Crippen LogP contribution in [-0.4, -0.2) is 36.7 Å². The fourth-order valence-corrected chi connectivity index (χ4v) is 7.75. The minimum Gasteiger partial charge on any atom is -0.460 e. The fourth-order valence-electron chi connectivity index (χ4n) is 7.75. The number of aryl methyl sites for hydroxylation is 2. The second-order valence-corrected chi connectivity index (χ2v) is 17.2. The first-order valence-corrected chi connectivity index (χ1v) is 24.9. The number of pyridine rings is 2. The predicted molar refractivity (Wildman–Crippen MR) is 243 cm³/mol. The fraction of sp³-hybridized carbons (Fsp3) is 0.731. The summed E-state index contributed by atoms with van der Waals surface area (Å²) in [6, 6.07) is 6.76. The van der Waals surface area contributed by atoms with Gasteiger partial charge in [0.25, 0.3) is 11.6 Å². The van der Waals surface area contributed by atoms with Crippen LogP contribution >= 0.6 is 0 Å². The molecule has 0 bridgehead atoms. The second-order valence-electron chi connectivity index (χ2n) is 17.2. The molecule has 338 valence electrons. The maximum Gasteiger partial charge on any atom is 0.379 e. The van der Waals surface area contributed by atoms with Crippen LogP contribution in [0.15, 0.2) is 49.1 Å². The number of carbonyl (C=O) groups is 4. The lowest BCUT2D eigenvalue weighted by molar-refractivity contribution is -0.697. The van der Waals surface area contributed by atoms with Gasteiger partial charge in [0, 0.05) is 48.2 Å². The highest BCUT2D eigenvalue weighted by Crippen LogP contribution is 2.15. The number of unbranched alkanes of at least 4 members (excludes halogenated alkanes) is 29. The summed E-state index contributed by atoms with van der Waals surface area (Å²) in [5, 5.41) is 0. The number of esters is 2. The van der Waals surface area contributed by atoms with Gasteiger partial charge in [-0.3, -0.25) is 9.59 Å². The molecule has 0 spiro atoms. The van der Waals surface area contributed by atoms with E-state index in [1.165, 1.54) is 167 Å². The third kappa shape index (κ3) is 27.4. The normalized spacial score (nSPS) is 11.2. The molecule has 8 heteroatoms. The SMILES string of the molecule is CCCCCCCCCCCCCCCC[n+]1ccc(C(=O)C(=O)OCCCCCCOC(=O)C(=O)c2cc[n+](CCCCCCCCCCCCCCCC)cc2)cc1. The van der Waals surface area contributed by atoms with E-state index in [9.17, 15) is 19.2 Å². The van der Waals surface area contributed by atoms with Crippen molar-refractivity contribution in [2.24, 2.45) is 0 Å². The standard InChI is InChI=1S/C52H86N2O6/c1-3-5-7-9-11-13-15-17-19-21-23-25-27-31-39-53-41-35-47(36-42-53)49(55)51(57)59-45-33-29-30-34-46-60-52(58)50(56)48-37-43-54(44-38-48)40-32-28-26-24-22-20-18-16-14-12-10-8-6-4-2/h35-38,41-44H,3-34,39-40,45-46H2,1-2H3/q+2. The largest absolute Gasteiger partial charge is 0.460 e. The molecular weight excluding hydrogens is 749 g/mol. The molecule has 0 unspecified atom stereocenters. The molecule has 0 aliphatic heterocycles. The zero-order valence-corrected chi connectivity index (χ0v) is 38.4. The van der Waals surface area contributed by atoms with E-state index < -0.39 is 23.5 Å². The molecule has 2 aromatic heterocycles. The third-order valence-electron chi connectivity index (χ3n) is 11.7. The zero-order valence-electron chi connectivity index (χ0n) is 38.4. The summed E-state index contributed by atoms with van der Waals surface area (Å²) >= 11 is 0. The van der Waals surface area contributed by atoms with Gasteiger partial charge in [-0.2, -0.15) is 0 Å². The molecule has 2 aromatic rings. The molecule has 8 nitrogen and oxygen atoms in total. The van der Waals surface area contributed by atoms with Gasteiger partial charge in [-0.25, -0.2) is 18.7 Å². The first kappa shape index (κ1) is 52.7. The van der Waals surface area contributed by atoms with Crippen molar-refractivity contribution in [1.29, 1.82) is 0 Å². The van der Waals surface area contributed by atoms with Gasteiger partial charge in [0.1, 0.15) is 13.1 Å². The summed E-state index contributed by atoms with van der Waals surface area (Å²) in [7, 11) is 0. The van der Waals surface area contributed by atoms with Crippen molar-refractivity contribution in [3.8, 4) is 0 Å². The minimum absolute atomic E-state index is 0.155. The van der Waals surface area contributed by atoms with E-state index in [1.807, 2.05) is 24.8 Å². The van der Waals surface area contributed by atoms with E-state index in [0.29, 0.717) is 24.0 Å². The van der Waals surface area contributed by atoms with Crippen molar-refractivity contribution in [3.63, 3.8) is 0 Å². The van der Waals surface area contributed by atoms with Crippen molar-refractivity contribution in [1.82, 2.24) is 0 Å². The number of Topliss-reactive ketones (excluding diaryl/α,β-unsaturated/α-hetero) is 2. The predicted octanol–water partition coefficient (Wildman–Crippen LogP) is 12.9. The number of carbonyl (C=O) groups excluding carboxylic acids is 4. The van der Waals surface area contributed by atoms with Crippen LogP contribution in [0.4, 0.5) is 0 Å². The number of rotatable bonds is 41. The molecule has 0 aliphatic rings. The molecule has 2 heterocycles. The van der Waals surface area contributed by atoms with E-state index in [4.69, 9.17) is 9.47 Å². The third-order valence-corrected chi connectivity index (χ3v) is 11.7. The van der Waals surface area contributed by atoms with Gasteiger partial charge in [-0.05, 0) is 38.5 Å². The Labute approximate surface area is 366 Å². The Kier molecular flexibility index (Phi) is 32.8. The number of hydrogen-bond acceptors (Lipinski definition) is 6. The number of ether oxygens (including phenoxy) is 2. The van der Waals surface area contributed by atoms with E-state index in [-0.39, 0.29) is 13.2 Å². The van der Waals surface area contributed by atoms with Gasteiger partial charge in [0.15, 0.2) is 24.8 Å². The van der Waals surface area contributed by atoms with E-state index in [0.717, 1.165) is 38.8 Å². The van der Waals surface area contributed by atoms with Crippen molar-refractivity contribution in [3.05, 3.63) is 60.2 Å². The van der Waals surface area contributed by atoms with Gasteiger partial charge in [0.05, 0.1) is 13.2 Å². The molecular formula is C52H86N2O6+2. The number of hydrogen-bond donors (Lipinski definition) is 0. The van der Waals surface area contributed by atoms with Gasteiger partial charge in [-0.15, -0.1) is 0 Å². The lowest BCUT2D eigenvalue weighted by Crippen LogP contribution is -2.33. The van der Waals surface area contributed by atoms with Gasteiger partial charge in [0.2, 0.25) is 0 Å². The average Bonchev–Trinajstić information content (AvgIpc) is 3.27. The summed E-state index contributed by atoms with van der Waals surface area (Å²) in [6.45, 7) is 6.65. The first-order valence-electron chi connectivity index (χ1n) is 24.9. The van der Waals surface area contributed by atoms with E-state index >= 15 is 0 Å². The van der Waals surface area contributed by atoms with Gasteiger partial charge < -0.3 is 9.47 Å². The summed E-state index contributed by atoms with van der Waals surface area (Å²) in [4.78, 5) is 49.8. The van der Waals surface area contributed by atoms with Crippen LogP contribution in [0.3, 0.4) is 0 Å². The van der Waals surface area contributed by atoms with Crippen LogP contribution in [0, 0.1) is 0 Å². The molecule has 0 N–H and O–H groups in total. The molecule has 0 aromatic carbocycles. The van der Waals surface area contributed by atoms with Crippen LogP contribution in [0.5, 0.6) is 0 Å². The summed E-state index contributed by atoms with van der Waals surface area (Å²) in [6.07, 6.45) is 47.5. The minimum atomic E-state index is -0.839. The molecule has 0 saturated carbocycles. The molecule has 0 amide bonds. The monoisotopic (exact) mass is 835 g/mol. The van der Waals surface area contributed by atoms with Crippen LogP contribution < -0.4 is 9.13 Å². The zero-order chi connectivity index (χ0) is 43.1. The molecule has 0 aliphatic carbocycles. The van der Waals surface area contributed by atoms with Crippen molar-refractivity contribution >= 4 is 23.5 Å². The van der Waals surface area contributed by atoms with Crippen LogP contribution in [0.1, 0.15) is 240 Å². The molecule has 0 fully saturated rings. The molecule has 0 atom stereocenters.